The Hall–Kier alpha value is -2.56. The lowest BCUT2D eigenvalue weighted by atomic mass is 10.0. The maximum absolute atomic E-state index is 14.0. The second-order valence-electron chi connectivity index (χ2n) is 5.92. The Bertz CT molecular complexity index is 1140. The first kappa shape index (κ1) is 18.2. The van der Waals surface area contributed by atoms with Crippen LogP contribution in [0.25, 0.3) is 0 Å². The molecule has 1 aromatic carbocycles. The van der Waals surface area contributed by atoms with E-state index in [1.807, 2.05) is 0 Å². The summed E-state index contributed by atoms with van der Waals surface area (Å²) in [6.07, 6.45) is 1.03. The number of anilines is 1. The van der Waals surface area contributed by atoms with Crippen molar-refractivity contribution in [1.29, 1.82) is 0 Å². The smallest absolute Gasteiger partial charge is 0.302 e. The third kappa shape index (κ3) is 2.54. The molecule has 0 atom stereocenters. The molecule has 0 amide bonds. The highest BCUT2D eigenvalue weighted by molar-refractivity contribution is 7.92. The fraction of sp³-hybridized carbons (Fsp3) is 0.333. The molecule has 0 N–H and O–H groups in total. The fourth-order valence-electron chi connectivity index (χ4n) is 2.92. The number of nitrogens with zero attached hydrogens (tertiary/aromatic N) is 3. The third-order valence-corrected chi connectivity index (χ3v) is 6.08. The standard InChI is InChI=1S/C15H14F3N3O4S/c1-19-7-11(14(22)20(2)15(19)23)26(24,25)21-5-3-4-8-10(21)6-9(16)13(18)12(8)17/h6-7H,3-5H2,1-2H3. The van der Waals surface area contributed by atoms with Gasteiger partial charge in [0.2, 0.25) is 0 Å². The lowest BCUT2D eigenvalue weighted by Gasteiger charge is -2.30. The van der Waals surface area contributed by atoms with Crippen molar-refractivity contribution in [1.82, 2.24) is 9.13 Å². The first-order valence-corrected chi connectivity index (χ1v) is 8.97. The van der Waals surface area contributed by atoms with Crippen LogP contribution in [0.2, 0.25) is 0 Å². The van der Waals surface area contributed by atoms with Gasteiger partial charge in [-0.25, -0.2) is 26.4 Å². The Balaban J connectivity index is 2.27. The van der Waals surface area contributed by atoms with Crippen molar-refractivity contribution in [2.24, 2.45) is 14.1 Å². The number of hydrogen-bond donors (Lipinski definition) is 0. The highest BCUT2D eigenvalue weighted by Gasteiger charge is 2.35. The van der Waals surface area contributed by atoms with Crippen molar-refractivity contribution in [3.05, 3.63) is 56.1 Å². The van der Waals surface area contributed by atoms with Gasteiger partial charge in [-0.3, -0.25) is 13.7 Å². The lowest BCUT2D eigenvalue weighted by Crippen LogP contribution is -2.44. The molecule has 11 heteroatoms. The fourth-order valence-corrected chi connectivity index (χ4v) is 4.60. The topological polar surface area (TPSA) is 81.4 Å². The van der Waals surface area contributed by atoms with Crippen LogP contribution in [0.5, 0.6) is 0 Å². The summed E-state index contributed by atoms with van der Waals surface area (Å²) in [5.41, 5.74) is -2.43. The number of hydrogen-bond acceptors (Lipinski definition) is 4. The number of aromatic nitrogens is 2. The number of sulfonamides is 1. The molecule has 0 bridgehead atoms. The summed E-state index contributed by atoms with van der Waals surface area (Å²) in [6, 6.07) is 0.594. The predicted molar refractivity (Wildman–Crippen MR) is 86.1 cm³/mol. The van der Waals surface area contributed by atoms with Gasteiger partial charge in [-0.15, -0.1) is 0 Å². The molecular formula is C15H14F3N3O4S. The molecule has 0 fully saturated rings. The Morgan fingerprint density at radius 2 is 1.73 bits per heavy atom. The second kappa shape index (κ2) is 6.01. The molecule has 0 spiro atoms. The van der Waals surface area contributed by atoms with Gasteiger partial charge in [0.25, 0.3) is 15.6 Å². The first-order chi connectivity index (χ1) is 12.1. The SMILES string of the molecule is Cn1cc(S(=O)(=O)N2CCCc3c2cc(F)c(F)c3F)c(=O)n(C)c1=O. The van der Waals surface area contributed by atoms with E-state index in [0.29, 0.717) is 14.9 Å². The van der Waals surface area contributed by atoms with Gasteiger partial charge in [-0.05, 0) is 12.8 Å². The molecule has 1 aliphatic heterocycles. The molecule has 0 saturated heterocycles. The highest BCUT2D eigenvalue weighted by Crippen LogP contribution is 2.35. The van der Waals surface area contributed by atoms with Gasteiger partial charge in [-0.2, -0.15) is 0 Å². The Labute approximate surface area is 146 Å². The molecule has 7 nitrogen and oxygen atoms in total. The molecule has 0 saturated carbocycles. The van der Waals surface area contributed by atoms with Crippen molar-refractivity contribution in [3.8, 4) is 0 Å². The summed E-state index contributed by atoms with van der Waals surface area (Å²) in [4.78, 5) is 23.3. The number of aryl methyl sites for hydroxylation is 1. The van der Waals surface area contributed by atoms with Crippen LogP contribution in [0.3, 0.4) is 0 Å². The summed E-state index contributed by atoms with van der Waals surface area (Å²) in [5, 5.41) is 0. The zero-order chi connectivity index (χ0) is 19.4. The number of benzene rings is 1. The van der Waals surface area contributed by atoms with Crippen LogP contribution in [0.1, 0.15) is 12.0 Å². The van der Waals surface area contributed by atoms with Crippen LogP contribution in [0.4, 0.5) is 18.9 Å². The third-order valence-electron chi connectivity index (χ3n) is 4.28. The predicted octanol–water partition coefficient (Wildman–Crippen LogP) is 0.643. The summed E-state index contributed by atoms with van der Waals surface area (Å²) in [6.45, 7) is -0.147. The molecule has 2 heterocycles. The van der Waals surface area contributed by atoms with Gasteiger partial charge >= 0.3 is 5.69 Å². The minimum absolute atomic E-state index is 0.0235. The molecule has 1 aliphatic rings. The van der Waals surface area contributed by atoms with Crippen molar-refractivity contribution < 1.29 is 21.6 Å². The zero-order valence-electron chi connectivity index (χ0n) is 13.8. The minimum Gasteiger partial charge on any atom is -0.302 e. The molecule has 0 radical (unpaired) electrons. The molecule has 2 aromatic rings. The van der Waals surface area contributed by atoms with Crippen LogP contribution >= 0.6 is 0 Å². The molecule has 0 unspecified atom stereocenters. The number of rotatable bonds is 2. The summed E-state index contributed by atoms with van der Waals surface area (Å²) >= 11 is 0. The van der Waals surface area contributed by atoms with E-state index >= 15 is 0 Å². The molecular weight excluding hydrogens is 375 g/mol. The quantitative estimate of drug-likeness (QED) is 0.706. The second-order valence-corrected chi connectivity index (χ2v) is 7.75. The van der Waals surface area contributed by atoms with E-state index in [9.17, 15) is 31.2 Å². The van der Waals surface area contributed by atoms with Gasteiger partial charge in [-0.1, -0.05) is 0 Å². The summed E-state index contributed by atoms with van der Waals surface area (Å²) in [5.74, 6) is -4.66. The normalized spacial score (nSPS) is 14.4. The van der Waals surface area contributed by atoms with E-state index < -0.39 is 43.6 Å². The Morgan fingerprint density at radius 3 is 2.38 bits per heavy atom. The minimum atomic E-state index is -4.53. The average Bonchev–Trinajstić information content (AvgIpc) is 2.60. The maximum Gasteiger partial charge on any atom is 0.330 e. The maximum atomic E-state index is 14.0. The first-order valence-electron chi connectivity index (χ1n) is 7.53. The molecule has 1 aromatic heterocycles. The molecule has 140 valence electrons. The van der Waals surface area contributed by atoms with Gasteiger partial charge < -0.3 is 4.57 Å². The molecule has 0 aliphatic carbocycles. The van der Waals surface area contributed by atoms with E-state index in [1.54, 1.807) is 0 Å². The van der Waals surface area contributed by atoms with Crippen molar-refractivity contribution in [2.45, 2.75) is 17.7 Å². The van der Waals surface area contributed by atoms with Crippen LogP contribution < -0.4 is 15.6 Å². The average molecular weight is 389 g/mol. The van der Waals surface area contributed by atoms with Crippen molar-refractivity contribution in [2.75, 3.05) is 10.8 Å². The van der Waals surface area contributed by atoms with Gasteiger partial charge in [0.15, 0.2) is 22.3 Å². The van der Waals surface area contributed by atoms with Gasteiger partial charge in [0.05, 0.1) is 5.69 Å². The largest absolute Gasteiger partial charge is 0.330 e. The van der Waals surface area contributed by atoms with E-state index in [0.717, 1.165) is 17.8 Å². The highest BCUT2D eigenvalue weighted by atomic mass is 32.2. The van der Waals surface area contributed by atoms with Crippen LogP contribution in [0, 0.1) is 17.5 Å². The number of fused-ring (bicyclic) bond motifs is 1. The Kier molecular flexibility index (Phi) is 4.21. The van der Waals surface area contributed by atoms with Crippen LogP contribution in [-0.4, -0.2) is 24.1 Å². The monoisotopic (exact) mass is 389 g/mol. The molecule has 26 heavy (non-hydrogen) atoms. The Morgan fingerprint density at radius 1 is 1.08 bits per heavy atom. The van der Waals surface area contributed by atoms with E-state index in [1.165, 1.54) is 7.05 Å². The van der Waals surface area contributed by atoms with Crippen molar-refractivity contribution >= 4 is 15.7 Å². The summed E-state index contributed by atoms with van der Waals surface area (Å²) < 4.78 is 69.2. The van der Waals surface area contributed by atoms with Crippen molar-refractivity contribution in [3.63, 3.8) is 0 Å². The zero-order valence-corrected chi connectivity index (χ0v) is 14.6. The van der Waals surface area contributed by atoms with E-state index in [2.05, 4.69) is 0 Å². The van der Waals surface area contributed by atoms with E-state index in [4.69, 9.17) is 0 Å². The van der Waals surface area contributed by atoms with Crippen LogP contribution in [-0.2, 0) is 30.5 Å². The summed E-state index contributed by atoms with van der Waals surface area (Å²) in [7, 11) is -2.15. The van der Waals surface area contributed by atoms with Gasteiger partial charge in [0, 0.05) is 38.5 Å². The lowest BCUT2D eigenvalue weighted by molar-refractivity contribution is 0.438. The van der Waals surface area contributed by atoms with Crippen LogP contribution in [0.15, 0.2) is 26.7 Å². The number of halogens is 3. The molecule has 3 rings (SSSR count). The van der Waals surface area contributed by atoms with Gasteiger partial charge in [0.1, 0.15) is 0 Å². The van der Waals surface area contributed by atoms with E-state index in [-0.39, 0.29) is 30.6 Å².